The first kappa shape index (κ1) is 19.7. The van der Waals surface area contributed by atoms with Gasteiger partial charge in [0.05, 0.1) is 12.2 Å². The van der Waals surface area contributed by atoms with Crippen LogP contribution in [0, 0.1) is 0 Å². The maximum atomic E-state index is 12.1. The van der Waals surface area contributed by atoms with E-state index in [4.69, 9.17) is 19.3 Å². The van der Waals surface area contributed by atoms with E-state index < -0.39 is 12.1 Å². The lowest BCUT2D eigenvalue weighted by atomic mass is 10.1. The molecule has 1 amide bonds. The first-order valence-electron chi connectivity index (χ1n) is 9.17. The number of para-hydroxylation sites is 2. The molecule has 1 aliphatic heterocycles. The summed E-state index contributed by atoms with van der Waals surface area (Å²) in [6.45, 7) is 2.88. The van der Waals surface area contributed by atoms with E-state index in [-0.39, 0.29) is 12.5 Å². The second-order valence-electron chi connectivity index (χ2n) is 6.28. The van der Waals surface area contributed by atoms with Gasteiger partial charge in [0.15, 0.2) is 12.7 Å². The van der Waals surface area contributed by atoms with Gasteiger partial charge in [0.1, 0.15) is 18.1 Å². The number of carboxylic acid groups (broad SMARTS) is 1. The van der Waals surface area contributed by atoms with Gasteiger partial charge in [-0.1, -0.05) is 24.3 Å². The lowest BCUT2D eigenvalue weighted by Crippen LogP contribution is -2.41. The molecule has 0 saturated carbocycles. The highest BCUT2D eigenvalue weighted by Crippen LogP contribution is 2.31. The molecule has 3 rings (SSSR count). The minimum atomic E-state index is -0.974. The van der Waals surface area contributed by atoms with Gasteiger partial charge in [-0.3, -0.25) is 4.79 Å². The maximum Gasteiger partial charge on any atom is 0.333 e. The lowest BCUT2D eigenvalue weighted by molar-refractivity contribution is -0.149. The zero-order valence-electron chi connectivity index (χ0n) is 15.7. The quantitative estimate of drug-likeness (QED) is 0.714. The van der Waals surface area contributed by atoms with Gasteiger partial charge in [-0.25, -0.2) is 4.79 Å². The molecular formula is C21H23NO6. The van der Waals surface area contributed by atoms with E-state index >= 15 is 0 Å². The number of benzene rings is 2. The fourth-order valence-corrected chi connectivity index (χ4v) is 3.01. The Morgan fingerprint density at radius 3 is 2.68 bits per heavy atom. The molecule has 0 aromatic heterocycles. The van der Waals surface area contributed by atoms with Gasteiger partial charge < -0.3 is 24.2 Å². The summed E-state index contributed by atoms with van der Waals surface area (Å²) >= 11 is 0. The Balaban J connectivity index is 1.54. The highest BCUT2D eigenvalue weighted by atomic mass is 16.5. The molecule has 0 bridgehead atoms. The zero-order valence-corrected chi connectivity index (χ0v) is 15.7. The SMILES string of the molecule is CCOC(Cc1ccc(OCCN2C(=O)COc3ccccc32)cc1)C(=O)O. The molecule has 2 aromatic rings. The number of amides is 1. The molecule has 0 radical (unpaired) electrons. The van der Waals surface area contributed by atoms with E-state index in [1.54, 1.807) is 24.0 Å². The van der Waals surface area contributed by atoms with Crippen LogP contribution in [0.3, 0.4) is 0 Å². The maximum absolute atomic E-state index is 12.1. The van der Waals surface area contributed by atoms with Crippen LogP contribution in [0.2, 0.25) is 0 Å². The summed E-state index contributed by atoms with van der Waals surface area (Å²) in [5.74, 6) is 0.265. The molecule has 148 valence electrons. The molecule has 7 nitrogen and oxygen atoms in total. The molecule has 0 spiro atoms. The number of fused-ring (bicyclic) bond motifs is 1. The van der Waals surface area contributed by atoms with Crippen LogP contribution in [0.25, 0.3) is 0 Å². The molecule has 1 atom stereocenters. The van der Waals surface area contributed by atoms with E-state index in [2.05, 4.69) is 0 Å². The molecule has 1 N–H and O–H groups in total. The molecule has 0 saturated heterocycles. The van der Waals surface area contributed by atoms with Crippen LogP contribution in [0.15, 0.2) is 48.5 Å². The highest BCUT2D eigenvalue weighted by Gasteiger charge is 2.24. The van der Waals surface area contributed by atoms with E-state index in [1.165, 1.54) is 0 Å². The van der Waals surface area contributed by atoms with Gasteiger partial charge >= 0.3 is 5.97 Å². The van der Waals surface area contributed by atoms with Crippen molar-refractivity contribution < 1.29 is 28.9 Å². The first-order valence-corrected chi connectivity index (χ1v) is 9.17. The number of carbonyl (C=O) groups is 2. The summed E-state index contributed by atoms with van der Waals surface area (Å²) in [4.78, 5) is 25.0. The summed E-state index contributed by atoms with van der Waals surface area (Å²) in [5, 5.41) is 9.16. The Labute approximate surface area is 163 Å². The summed E-state index contributed by atoms with van der Waals surface area (Å²) < 4.78 is 16.4. The van der Waals surface area contributed by atoms with Gasteiger partial charge in [0.2, 0.25) is 0 Å². The summed E-state index contributed by atoms with van der Waals surface area (Å²) in [6.07, 6.45) is -0.563. The number of nitrogens with zero attached hydrogens (tertiary/aromatic N) is 1. The van der Waals surface area contributed by atoms with Crippen LogP contribution < -0.4 is 14.4 Å². The molecule has 0 aliphatic carbocycles. The topological polar surface area (TPSA) is 85.3 Å². The van der Waals surface area contributed by atoms with Gasteiger partial charge in [-0.2, -0.15) is 0 Å². The van der Waals surface area contributed by atoms with Crippen LogP contribution >= 0.6 is 0 Å². The minimum Gasteiger partial charge on any atom is -0.492 e. The second-order valence-corrected chi connectivity index (χ2v) is 6.28. The van der Waals surface area contributed by atoms with Crippen LogP contribution in [0.5, 0.6) is 11.5 Å². The number of carbonyl (C=O) groups excluding carboxylic acids is 1. The standard InChI is InChI=1S/C21H23NO6/c1-2-26-19(21(24)25)13-15-7-9-16(10-8-15)27-12-11-22-17-5-3-4-6-18(17)28-14-20(22)23/h3-10,19H,2,11-14H2,1H3,(H,24,25). The van der Waals surface area contributed by atoms with Crippen molar-refractivity contribution in [3.63, 3.8) is 0 Å². The third kappa shape index (κ3) is 4.80. The van der Waals surface area contributed by atoms with Gasteiger partial charge in [0.25, 0.3) is 5.91 Å². The van der Waals surface area contributed by atoms with Crippen LogP contribution in [-0.4, -0.2) is 49.5 Å². The normalized spacial score (nSPS) is 14.2. The molecule has 0 fully saturated rings. The Kier molecular flexibility index (Phi) is 6.49. The third-order valence-electron chi connectivity index (χ3n) is 4.38. The van der Waals surface area contributed by atoms with Crippen molar-refractivity contribution in [2.45, 2.75) is 19.4 Å². The Morgan fingerprint density at radius 1 is 1.21 bits per heavy atom. The number of hydrogen-bond donors (Lipinski definition) is 1. The van der Waals surface area contributed by atoms with Crippen LogP contribution in [-0.2, 0) is 20.7 Å². The van der Waals surface area contributed by atoms with E-state index in [0.29, 0.717) is 37.7 Å². The predicted octanol–water partition coefficient (Wildman–Crippen LogP) is 2.52. The summed E-state index contributed by atoms with van der Waals surface area (Å²) in [7, 11) is 0. The number of carboxylic acids is 1. The summed E-state index contributed by atoms with van der Waals surface area (Å²) in [6, 6.07) is 14.6. The molecule has 1 heterocycles. The Hall–Kier alpha value is -3.06. The number of ether oxygens (including phenoxy) is 3. The predicted molar refractivity (Wildman–Crippen MR) is 103 cm³/mol. The van der Waals surface area contributed by atoms with E-state index in [1.807, 2.05) is 36.4 Å². The van der Waals surface area contributed by atoms with Gasteiger partial charge in [0, 0.05) is 13.0 Å². The minimum absolute atomic E-state index is 0.0241. The fourth-order valence-electron chi connectivity index (χ4n) is 3.01. The number of hydrogen-bond acceptors (Lipinski definition) is 5. The van der Waals surface area contributed by atoms with Crippen LogP contribution in [0.4, 0.5) is 5.69 Å². The molecular weight excluding hydrogens is 362 g/mol. The second kappa shape index (κ2) is 9.23. The molecule has 2 aromatic carbocycles. The third-order valence-corrected chi connectivity index (χ3v) is 4.38. The van der Waals surface area contributed by atoms with Crippen molar-refractivity contribution in [1.82, 2.24) is 0 Å². The number of aliphatic carboxylic acids is 1. The lowest BCUT2D eigenvalue weighted by Gasteiger charge is -2.29. The van der Waals surface area contributed by atoms with E-state index in [9.17, 15) is 9.59 Å². The van der Waals surface area contributed by atoms with Crippen molar-refractivity contribution in [2.75, 3.05) is 31.3 Å². The van der Waals surface area contributed by atoms with Crippen molar-refractivity contribution >= 4 is 17.6 Å². The largest absolute Gasteiger partial charge is 0.492 e. The van der Waals surface area contributed by atoms with E-state index in [0.717, 1.165) is 11.3 Å². The average molecular weight is 385 g/mol. The highest BCUT2D eigenvalue weighted by molar-refractivity contribution is 5.97. The van der Waals surface area contributed by atoms with Crippen molar-refractivity contribution in [2.24, 2.45) is 0 Å². The number of rotatable bonds is 9. The smallest absolute Gasteiger partial charge is 0.333 e. The van der Waals surface area contributed by atoms with Crippen LogP contribution in [0.1, 0.15) is 12.5 Å². The average Bonchev–Trinajstić information content (AvgIpc) is 2.70. The first-order chi connectivity index (χ1) is 13.6. The number of anilines is 1. The van der Waals surface area contributed by atoms with Crippen molar-refractivity contribution in [3.8, 4) is 11.5 Å². The Morgan fingerprint density at radius 2 is 1.96 bits per heavy atom. The van der Waals surface area contributed by atoms with Crippen molar-refractivity contribution in [3.05, 3.63) is 54.1 Å². The molecule has 7 heteroatoms. The molecule has 1 unspecified atom stereocenters. The monoisotopic (exact) mass is 385 g/mol. The van der Waals surface area contributed by atoms with Gasteiger partial charge in [-0.15, -0.1) is 0 Å². The molecule has 28 heavy (non-hydrogen) atoms. The van der Waals surface area contributed by atoms with Gasteiger partial charge in [-0.05, 0) is 36.8 Å². The fraction of sp³-hybridized carbons (Fsp3) is 0.333. The molecule has 1 aliphatic rings. The Bertz CT molecular complexity index is 820. The van der Waals surface area contributed by atoms with Crippen molar-refractivity contribution in [1.29, 1.82) is 0 Å². The zero-order chi connectivity index (χ0) is 19.9. The summed E-state index contributed by atoms with van der Waals surface area (Å²) in [5.41, 5.74) is 1.60.